The molecule has 2 aliphatic heterocycles. The molecule has 3 rings (SSSR count). The van der Waals surface area contributed by atoms with Gasteiger partial charge in [-0.05, 0) is 51.3 Å². The number of aryl methyl sites for hydroxylation is 1. The highest BCUT2D eigenvalue weighted by Gasteiger charge is 2.47. The number of phenolic OH excluding ortho intramolecular Hbond substituents is 1. The van der Waals surface area contributed by atoms with Crippen LogP contribution < -0.4 is 4.74 Å². The van der Waals surface area contributed by atoms with Crippen LogP contribution in [-0.2, 0) is 6.42 Å². The fourth-order valence-corrected chi connectivity index (χ4v) is 3.54. The van der Waals surface area contributed by atoms with Crippen molar-refractivity contribution in [2.75, 3.05) is 0 Å². The molecule has 0 aromatic heterocycles. The Morgan fingerprint density at radius 1 is 1.40 bits per heavy atom. The Labute approximate surface area is 120 Å². The van der Waals surface area contributed by atoms with E-state index in [-0.39, 0.29) is 11.6 Å². The van der Waals surface area contributed by atoms with Gasteiger partial charge in [0.1, 0.15) is 17.1 Å². The van der Waals surface area contributed by atoms with Crippen LogP contribution in [0.15, 0.2) is 17.1 Å². The minimum atomic E-state index is -0.240. The van der Waals surface area contributed by atoms with Gasteiger partial charge in [0, 0.05) is 11.6 Å². The van der Waals surface area contributed by atoms with Crippen LogP contribution in [0.5, 0.6) is 11.5 Å². The summed E-state index contributed by atoms with van der Waals surface area (Å²) in [6, 6.07) is 4.01. The molecule has 0 saturated heterocycles. The van der Waals surface area contributed by atoms with Crippen molar-refractivity contribution in [3.63, 3.8) is 0 Å². The molecule has 1 aromatic carbocycles. The summed E-state index contributed by atoms with van der Waals surface area (Å²) in [7, 11) is 0. The van der Waals surface area contributed by atoms with Crippen molar-refractivity contribution in [2.45, 2.75) is 58.6 Å². The van der Waals surface area contributed by atoms with E-state index in [9.17, 15) is 5.11 Å². The zero-order valence-corrected chi connectivity index (χ0v) is 12.7. The lowest BCUT2D eigenvalue weighted by Gasteiger charge is -2.41. The topological polar surface area (TPSA) is 41.8 Å². The van der Waals surface area contributed by atoms with Crippen molar-refractivity contribution in [3.8, 4) is 11.5 Å². The maximum absolute atomic E-state index is 10.4. The first-order valence-electron chi connectivity index (χ1n) is 7.50. The molecule has 0 aliphatic carbocycles. The van der Waals surface area contributed by atoms with E-state index in [1.54, 1.807) is 0 Å². The fourth-order valence-electron chi connectivity index (χ4n) is 3.54. The minimum Gasteiger partial charge on any atom is -0.507 e. The van der Waals surface area contributed by atoms with Crippen molar-refractivity contribution in [3.05, 3.63) is 23.3 Å². The third kappa shape index (κ3) is 2.00. The van der Waals surface area contributed by atoms with Crippen LogP contribution in [0.2, 0.25) is 0 Å². The van der Waals surface area contributed by atoms with Gasteiger partial charge in [0.2, 0.25) is 0 Å². The second kappa shape index (κ2) is 4.51. The van der Waals surface area contributed by atoms with E-state index in [4.69, 9.17) is 9.73 Å². The van der Waals surface area contributed by atoms with E-state index >= 15 is 0 Å². The monoisotopic (exact) mass is 273 g/mol. The standard InChI is InChI=1S/C17H23NO2/c1-5-6-11-8-13(19)15-14(9-11)20-17(3,4)12-7-10(2)18-16(12)15/h8-9,12,16,19H,5-7H2,1-4H3. The Bertz CT molecular complexity index is 575. The van der Waals surface area contributed by atoms with Gasteiger partial charge in [-0.3, -0.25) is 4.99 Å². The maximum Gasteiger partial charge on any atom is 0.129 e. The van der Waals surface area contributed by atoms with E-state index in [0.29, 0.717) is 11.7 Å². The Balaban J connectivity index is 2.12. The molecule has 0 fully saturated rings. The molecule has 2 aliphatic rings. The van der Waals surface area contributed by atoms with Crippen LogP contribution in [0.4, 0.5) is 0 Å². The second-order valence-corrected chi connectivity index (χ2v) is 6.60. The first-order valence-corrected chi connectivity index (χ1v) is 7.50. The number of aliphatic imine (C=N–C) groups is 1. The zero-order valence-electron chi connectivity index (χ0n) is 12.7. The zero-order chi connectivity index (χ0) is 14.5. The summed E-state index contributed by atoms with van der Waals surface area (Å²) in [6.45, 7) is 8.47. The molecule has 0 spiro atoms. The summed E-state index contributed by atoms with van der Waals surface area (Å²) < 4.78 is 6.22. The first kappa shape index (κ1) is 13.5. The van der Waals surface area contributed by atoms with Crippen LogP contribution >= 0.6 is 0 Å². The van der Waals surface area contributed by atoms with Gasteiger partial charge < -0.3 is 9.84 Å². The number of rotatable bonds is 2. The molecule has 2 unspecified atom stereocenters. The molecule has 108 valence electrons. The molecular formula is C17H23NO2. The minimum absolute atomic E-state index is 0.0458. The van der Waals surface area contributed by atoms with Gasteiger partial charge in [0.25, 0.3) is 0 Å². The van der Waals surface area contributed by atoms with Gasteiger partial charge in [-0.2, -0.15) is 0 Å². The lowest BCUT2D eigenvalue weighted by molar-refractivity contribution is 0.0189. The quantitative estimate of drug-likeness (QED) is 0.883. The Morgan fingerprint density at radius 3 is 2.85 bits per heavy atom. The van der Waals surface area contributed by atoms with Crippen molar-refractivity contribution in [2.24, 2.45) is 10.9 Å². The van der Waals surface area contributed by atoms with Crippen LogP contribution in [-0.4, -0.2) is 16.4 Å². The van der Waals surface area contributed by atoms with Crippen LogP contribution in [0.25, 0.3) is 0 Å². The van der Waals surface area contributed by atoms with E-state index in [2.05, 4.69) is 33.8 Å². The normalized spacial score (nSPS) is 26.5. The van der Waals surface area contributed by atoms with E-state index in [0.717, 1.165) is 41.9 Å². The molecule has 0 amide bonds. The van der Waals surface area contributed by atoms with Crippen molar-refractivity contribution < 1.29 is 9.84 Å². The summed E-state index contributed by atoms with van der Waals surface area (Å²) in [4.78, 5) is 4.76. The summed E-state index contributed by atoms with van der Waals surface area (Å²) >= 11 is 0. The molecule has 0 radical (unpaired) electrons. The van der Waals surface area contributed by atoms with E-state index < -0.39 is 0 Å². The van der Waals surface area contributed by atoms with Gasteiger partial charge in [-0.15, -0.1) is 0 Å². The largest absolute Gasteiger partial charge is 0.507 e. The molecule has 0 bridgehead atoms. The highest BCUT2D eigenvalue weighted by Crippen LogP contribution is 2.53. The molecule has 20 heavy (non-hydrogen) atoms. The van der Waals surface area contributed by atoms with Gasteiger partial charge in [-0.25, -0.2) is 0 Å². The van der Waals surface area contributed by atoms with Gasteiger partial charge in [0.05, 0.1) is 11.6 Å². The smallest absolute Gasteiger partial charge is 0.129 e. The van der Waals surface area contributed by atoms with Crippen LogP contribution in [0.3, 0.4) is 0 Å². The lowest BCUT2D eigenvalue weighted by atomic mass is 9.77. The third-order valence-corrected chi connectivity index (χ3v) is 4.54. The second-order valence-electron chi connectivity index (χ2n) is 6.60. The number of nitrogens with zero attached hydrogens (tertiary/aromatic N) is 1. The number of ether oxygens (including phenoxy) is 1. The van der Waals surface area contributed by atoms with E-state index in [1.807, 2.05) is 6.07 Å². The van der Waals surface area contributed by atoms with Crippen LogP contribution in [0, 0.1) is 5.92 Å². The predicted molar refractivity (Wildman–Crippen MR) is 80.8 cm³/mol. The third-order valence-electron chi connectivity index (χ3n) is 4.54. The summed E-state index contributed by atoms with van der Waals surface area (Å²) in [6.07, 6.45) is 2.97. The molecule has 2 atom stereocenters. The van der Waals surface area contributed by atoms with Crippen LogP contribution in [0.1, 0.15) is 57.7 Å². The first-order chi connectivity index (χ1) is 9.42. The summed E-state index contributed by atoms with van der Waals surface area (Å²) in [5.41, 5.74) is 2.93. The van der Waals surface area contributed by atoms with Gasteiger partial charge in [0.15, 0.2) is 0 Å². The lowest BCUT2D eigenvalue weighted by Crippen LogP contribution is -2.42. The Kier molecular flexibility index (Phi) is 3.03. The van der Waals surface area contributed by atoms with Crippen molar-refractivity contribution in [1.82, 2.24) is 0 Å². The number of hydrogen-bond acceptors (Lipinski definition) is 3. The summed E-state index contributed by atoms with van der Waals surface area (Å²) in [5.74, 6) is 1.48. The number of aromatic hydroxyl groups is 1. The average molecular weight is 273 g/mol. The SMILES string of the molecule is CCCc1cc(O)c2c(c1)OC(C)(C)C1CC(C)=NC21. The molecule has 3 nitrogen and oxygen atoms in total. The number of fused-ring (bicyclic) bond motifs is 3. The number of phenols is 1. The molecule has 1 N–H and O–H groups in total. The molecular weight excluding hydrogens is 250 g/mol. The molecule has 2 heterocycles. The van der Waals surface area contributed by atoms with E-state index in [1.165, 1.54) is 0 Å². The molecule has 1 aromatic rings. The molecule has 3 heteroatoms. The fraction of sp³-hybridized carbons (Fsp3) is 0.588. The van der Waals surface area contributed by atoms with Gasteiger partial charge >= 0.3 is 0 Å². The average Bonchev–Trinajstić information content (AvgIpc) is 2.71. The Morgan fingerprint density at radius 2 is 2.15 bits per heavy atom. The van der Waals surface area contributed by atoms with Crippen molar-refractivity contribution in [1.29, 1.82) is 0 Å². The van der Waals surface area contributed by atoms with Crippen molar-refractivity contribution >= 4 is 5.71 Å². The predicted octanol–water partition coefficient (Wildman–Crippen LogP) is 4.04. The maximum atomic E-state index is 10.4. The number of benzene rings is 1. The summed E-state index contributed by atoms with van der Waals surface area (Å²) in [5, 5.41) is 10.4. The van der Waals surface area contributed by atoms with Gasteiger partial charge in [-0.1, -0.05) is 13.3 Å². The highest BCUT2D eigenvalue weighted by atomic mass is 16.5. The molecule has 0 saturated carbocycles. The number of hydrogen-bond donors (Lipinski definition) is 1. The highest BCUT2D eigenvalue weighted by molar-refractivity contribution is 5.85. The Hall–Kier alpha value is -1.51.